The first-order valence-electron chi connectivity index (χ1n) is 19.5. The van der Waals surface area contributed by atoms with Crippen molar-refractivity contribution < 1.29 is 19.2 Å². The molecule has 1 aliphatic heterocycles. The number of piperazine rings is 1. The van der Waals surface area contributed by atoms with Gasteiger partial charge in [0.05, 0.1) is 6.54 Å². The summed E-state index contributed by atoms with van der Waals surface area (Å²) < 4.78 is 0. The van der Waals surface area contributed by atoms with Gasteiger partial charge in [0.25, 0.3) is 0 Å². The summed E-state index contributed by atoms with van der Waals surface area (Å²) in [6, 6.07) is 26.2. The van der Waals surface area contributed by atoms with Gasteiger partial charge in [0.15, 0.2) is 5.96 Å². The summed E-state index contributed by atoms with van der Waals surface area (Å²) in [5.74, 6) is -3.19. The Kier molecular flexibility index (Phi) is 14.8. The summed E-state index contributed by atoms with van der Waals surface area (Å²) in [7, 11) is 0. The second-order valence-electron chi connectivity index (χ2n) is 14.7. The van der Waals surface area contributed by atoms with Gasteiger partial charge in [-0.25, -0.2) is 0 Å². The van der Waals surface area contributed by atoms with Crippen LogP contribution in [0, 0.1) is 17.2 Å². The SMILES string of the molecule is N=C(N)c1ccc(CC(C(=O)NCC(=O)NC(CCCN=C(N)N)(C(=O)N2CCN(c3ccccc3)CC2)C2CCCCC2)C(=O)NCc2ccccc2)cc1. The number of carbonyl (C=O) groups excluding carboxylic acids is 4. The van der Waals surface area contributed by atoms with E-state index in [4.69, 9.17) is 22.6 Å². The number of nitrogens with one attached hydrogen (secondary N) is 4. The fourth-order valence-electron chi connectivity index (χ4n) is 7.81. The van der Waals surface area contributed by atoms with Crippen LogP contribution in [0.15, 0.2) is 89.9 Å². The number of para-hydroxylation sites is 1. The van der Waals surface area contributed by atoms with Crippen molar-refractivity contribution in [3.63, 3.8) is 0 Å². The van der Waals surface area contributed by atoms with Gasteiger partial charge in [-0.2, -0.15) is 0 Å². The summed E-state index contributed by atoms with van der Waals surface area (Å²) in [6.07, 6.45) is 5.32. The van der Waals surface area contributed by atoms with Crippen LogP contribution < -0.4 is 38.1 Å². The summed E-state index contributed by atoms with van der Waals surface area (Å²) in [5.41, 5.74) is 18.8. The number of amidine groups is 1. The van der Waals surface area contributed by atoms with Crippen molar-refractivity contribution in [2.75, 3.05) is 44.2 Å². The lowest BCUT2D eigenvalue weighted by Gasteiger charge is -2.46. The molecule has 3 aromatic carbocycles. The molecule has 0 aromatic heterocycles. The topological polar surface area (TPSA) is 225 Å². The van der Waals surface area contributed by atoms with Crippen LogP contribution in [-0.2, 0) is 32.1 Å². The summed E-state index contributed by atoms with van der Waals surface area (Å²) in [5, 5.41) is 16.4. The fraction of sp³-hybridized carbons (Fsp3) is 0.429. The average Bonchev–Trinajstić information content (AvgIpc) is 3.23. The number of rotatable bonds is 17. The molecule has 14 nitrogen and oxygen atoms in total. The minimum Gasteiger partial charge on any atom is -0.384 e. The highest BCUT2D eigenvalue weighted by Gasteiger charge is 2.49. The predicted molar refractivity (Wildman–Crippen MR) is 219 cm³/mol. The third kappa shape index (κ3) is 11.3. The molecule has 2 atom stereocenters. The van der Waals surface area contributed by atoms with Crippen LogP contribution in [0.1, 0.15) is 61.6 Å². The molecule has 1 aliphatic carbocycles. The van der Waals surface area contributed by atoms with Crippen molar-refractivity contribution in [2.24, 2.45) is 34.0 Å². The molecule has 0 radical (unpaired) electrons. The molecule has 56 heavy (non-hydrogen) atoms. The molecule has 4 amide bonds. The molecule has 2 unspecified atom stereocenters. The van der Waals surface area contributed by atoms with Crippen molar-refractivity contribution in [2.45, 2.75) is 63.5 Å². The molecule has 10 N–H and O–H groups in total. The number of amides is 4. The molecule has 1 saturated heterocycles. The number of hydrogen-bond donors (Lipinski definition) is 7. The van der Waals surface area contributed by atoms with Crippen LogP contribution in [0.2, 0.25) is 0 Å². The van der Waals surface area contributed by atoms with E-state index in [1.165, 1.54) is 0 Å². The van der Waals surface area contributed by atoms with Gasteiger partial charge < -0.3 is 43.0 Å². The van der Waals surface area contributed by atoms with E-state index in [0.717, 1.165) is 43.4 Å². The molecule has 298 valence electrons. The lowest BCUT2D eigenvalue weighted by atomic mass is 9.71. The van der Waals surface area contributed by atoms with Crippen molar-refractivity contribution in [3.8, 4) is 0 Å². The van der Waals surface area contributed by atoms with Gasteiger partial charge in [-0.15, -0.1) is 0 Å². The lowest BCUT2D eigenvalue weighted by molar-refractivity contribution is -0.146. The first-order chi connectivity index (χ1) is 27.1. The zero-order valence-electron chi connectivity index (χ0n) is 32.1. The van der Waals surface area contributed by atoms with E-state index in [9.17, 15) is 19.2 Å². The number of nitrogen functional groups attached to an aromatic ring is 1. The summed E-state index contributed by atoms with van der Waals surface area (Å²) >= 11 is 0. The number of guanidine groups is 1. The largest absolute Gasteiger partial charge is 0.384 e. The fourth-order valence-corrected chi connectivity index (χ4v) is 7.81. The van der Waals surface area contributed by atoms with Crippen molar-refractivity contribution in [1.82, 2.24) is 20.9 Å². The molecule has 2 fully saturated rings. The number of nitrogens with zero attached hydrogens (tertiary/aromatic N) is 3. The Hall–Kier alpha value is -5.92. The number of benzene rings is 3. The Morgan fingerprint density at radius 2 is 1.41 bits per heavy atom. The first kappa shape index (κ1) is 41.2. The highest BCUT2D eigenvalue weighted by molar-refractivity contribution is 6.02. The van der Waals surface area contributed by atoms with E-state index >= 15 is 0 Å². The lowest BCUT2D eigenvalue weighted by Crippen LogP contribution is -2.67. The predicted octanol–water partition coefficient (Wildman–Crippen LogP) is 2.40. The highest BCUT2D eigenvalue weighted by Crippen LogP contribution is 2.37. The van der Waals surface area contributed by atoms with Gasteiger partial charge in [0.2, 0.25) is 23.6 Å². The molecular weight excluding hydrogens is 709 g/mol. The van der Waals surface area contributed by atoms with E-state index in [2.05, 4.69) is 38.0 Å². The van der Waals surface area contributed by atoms with Crippen LogP contribution in [0.3, 0.4) is 0 Å². The molecule has 1 heterocycles. The van der Waals surface area contributed by atoms with Crippen molar-refractivity contribution in [1.29, 1.82) is 5.41 Å². The number of carbonyl (C=O) groups is 4. The molecule has 0 bridgehead atoms. The van der Waals surface area contributed by atoms with Crippen molar-refractivity contribution in [3.05, 3.63) is 102 Å². The van der Waals surface area contributed by atoms with E-state index in [0.29, 0.717) is 56.7 Å². The zero-order valence-corrected chi connectivity index (χ0v) is 32.1. The molecule has 2 aliphatic rings. The summed E-state index contributed by atoms with van der Waals surface area (Å²) in [4.78, 5) is 64.6. The molecule has 0 spiro atoms. The number of aliphatic imine (C=N–C) groups is 1. The monoisotopic (exact) mass is 764 g/mol. The number of nitrogens with two attached hydrogens (primary N) is 3. The van der Waals surface area contributed by atoms with Crippen LogP contribution in [0.25, 0.3) is 0 Å². The number of anilines is 1. The van der Waals surface area contributed by atoms with Gasteiger partial charge in [0.1, 0.15) is 17.3 Å². The van der Waals surface area contributed by atoms with Crippen LogP contribution in [-0.4, -0.2) is 85.1 Å². The van der Waals surface area contributed by atoms with E-state index < -0.39 is 35.7 Å². The van der Waals surface area contributed by atoms with Gasteiger partial charge >= 0.3 is 0 Å². The minimum absolute atomic E-state index is 0.0412. The Labute approximate surface area is 329 Å². The van der Waals surface area contributed by atoms with Crippen LogP contribution >= 0.6 is 0 Å². The molecule has 14 heteroatoms. The molecule has 5 rings (SSSR count). The normalized spacial score (nSPS) is 16.1. The van der Waals surface area contributed by atoms with Gasteiger partial charge in [0, 0.05) is 50.5 Å². The smallest absolute Gasteiger partial charge is 0.248 e. The quantitative estimate of drug-likeness (QED) is 0.0467. The van der Waals surface area contributed by atoms with Crippen molar-refractivity contribution >= 4 is 41.1 Å². The second kappa shape index (κ2) is 20.1. The maximum absolute atomic E-state index is 14.9. The minimum atomic E-state index is -1.24. The van der Waals surface area contributed by atoms with E-state index in [1.54, 1.807) is 24.3 Å². The van der Waals surface area contributed by atoms with Gasteiger partial charge in [-0.3, -0.25) is 29.6 Å². The van der Waals surface area contributed by atoms with E-state index in [-0.39, 0.29) is 36.6 Å². The number of hydrogen-bond acceptors (Lipinski definition) is 7. The Bertz CT molecular complexity index is 1800. The maximum atomic E-state index is 14.9. The standard InChI is InChI=1S/C42H56N10O4/c43-37(44)32-19-17-30(18-20-32)27-35(38(54)48-28-31-11-4-1-5-12-31)39(55)49-29-36(53)50-42(21-10-22-47-41(45)46,33-13-6-2-7-14-33)40(56)52-25-23-51(24-26-52)34-15-8-3-9-16-34/h1,3-5,8-9,11-12,15-20,33,35H,2,6-7,10,13-14,21-29H2,(H3,43,44)(H,48,54)(H,49,55)(H,50,53)(H4,45,46,47). The Morgan fingerprint density at radius 1 is 0.786 bits per heavy atom. The first-order valence-corrected chi connectivity index (χ1v) is 19.5. The third-order valence-electron chi connectivity index (χ3n) is 10.8. The van der Waals surface area contributed by atoms with E-state index in [1.807, 2.05) is 53.4 Å². The second-order valence-corrected chi connectivity index (χ2v) is 14.7. The average molecular weight is 765 g/mol. The molecule has 1 saturated carbocycles. The Morgan fingerprint density at radius 3 is 2.04 bits per heavy atom. The maximum Gasteiger partial charge on any atom is 0.248 e. The Balaban J connectivity index is 1.33. The van der Waals surface area contributed by atoms with Gasteiger partial charge in [-0.05, 0) is 61.3 Å². The highest BCUT2D eigenvalue weighted by atomic mass is 16.2. The molecular formula is C42H56N10O4. The summed E-state index contributed by atoms with van der Waals surface area (Å²) in [6.45, 7) is 2.39. The van der Waals surface area contributed by atoms with Gasteiger partial charge in [-0.1, -0.05) is 92.1 Å². The zero-order chi connectivity index (χ0) is 39.9. The van der Waals surface area contributed by atoms with Crippen LogP contribution in [0.5, 0.6) is 0 Å². The van der Waals surface area contributed by atoms with Crippen LogP contribution in [0.4, 0.5) is 5.69 Å². The third-order valence-corrected chi connectivity index (χ3v) is 10.8. The molecule has 3 aromatic rings.